The van der Waals surface area contributed by atoms with Crippen LogP contribution in [0.2, 0.25) is 0 Å². The van der Waals surface area contributed by atoms with Gasteiger partial charge in [-0.15, -0.1) is 0 Å². The van der Waals surface area contributed by atoms with Gasteiger partial charge in [0.25, 0.3) is 5.91 Å². The molecule has 4 aromatic rings. The van der Waals surface area contributed by atoms with Crippen LogP contribution in [-0.2, 0) is 6.18 Å². The van der Waals surface area contributed by atoms with E-state index in [9.17, 15) is 22.8 Å². The standard InChI is InChI=1S/C24H22F3N5O2/c1-13(2)20(22-28-16-9-5-6-10-17(16)29-22)30-23(34)21-19(33)12-14(3)32(31-21)18-11-7-4-8-15(18)24(25,26)27/h4-13,20H,1-3H3,(H,28,29)(H,30,34). The highest BCUT2D eigenvalue weighted by Crippen LogP contribution is 2.33. The maximum atomic E-state index is 13.5. The van der Waals surface area contributed by atoms with Gasteiger partial charge in [-0.2, -0.15) is 18.3 Å². The van der Waals surface area contributed by atoms with Crippen molar-refractivity contribution in [2.75, 3.05) is 0 Å². The van der Waals surface area contributed by atoms with E-state index < -0.39 is 34.8 Å². The lowest BCUT2D eigenvalue weighted by Gasteiger charge is -2.21. The number of benzene rings is 2. The number of halogens is 3. The van der Waals surface area contributed by atoms with Crippen LogP contribution in [-0.4, -0.2) is 25.7 Å². The number of hydrogen-bond donors (Lipinski definition) is 2. The number of imidazole rings is 1. The van der Waals surface area contributed by atoms with Gasteiger partial charge in [-0.1, -0.05) is 38.1 Å². The van der Waals surface area contributed by atoms with Gasteiger partial charge in [0.2, 0.25) is 5.43 Å². The van der Waals surface area contributed by atoms with Gasteiger partial charge in [-0.3, -0.25) is 9.59 Å². The smallest absolute Gasteiger partial charge is 0.340 e. The Hall–Kier alpha value is -3.95. The van der Waals surface area contributed by atoms with E-state index in [0.717, 1.165) is 27.8 Å². The molecule has 2 heterocycles. The zero-order valence-electron chi connectivity index (χ0n) is 18.6. The van der Waals surface area contributed by atoms with Crippen LogP contribution in [0, 0.1) is 12.8 Å². The monoisotopic (exact) mass is 469 g/mol. The molecule has 0 saturated carbocycles. The Balaban J connectivity index is 1.73. The number of aromatic amines is 1. The number of para-hydroxylation sites is 3. The Morgan fingerprint density at radius 1 is 1.09 bits per heavy atom. The van der Waals surface area contributed by atoms with Gasteiger partial charge in [0.05, 0.1) is 28.3 Å². The van der Waals surface area contributed by atoms with Crippen LogP contribution >= 0.6 is 0 Å². The van der Waals surface area contributed by atoms with E-state index in [0.29, 0.717) is 5.82 Å². The summed E-state index contributed by atoms with van der Waals surface area (Å²) in [5.41, 5.74) is -0.737. The normalized spacial score (nSPS) is 12.8. The molecule has 2 aromatic heterocycles. The molecule has 1 amide bonds. The molecule has 1 atom stereocenters. The summed E-state index contributed by atoms with van der Waals surface area (Å²) in [5, 5.41) is 6.79. The van der Waals surface area contributed by atoms with Crippen LogP contribution in [0.25, 0.3) is 16.7 Å². The third kappa shape index (κ3) is 4.43. The van der Waals surface area contributed by atoms with E-state index in [-0.39, 0.29) is 17.3 Å². The fraction of sp³-hybridized carbons (Fsp3) is 0.250. The second kappa shape index (κ2) is 8.77. The topological polar surface area (TPSA) is 92.7 Å². The van der Waals surface area contributed by atoms with Gasteiger partial charge in [0, 0.05) is 11.8 Å². The number of rotatable bonds is 5. The van der Waals surface area contributed by atoms with Crippen molar-refractivity contribution in [3.63, 3.8) is 0 Å². The first-order chi connectivity index (χ1) is 16.1. The fourth-order valence-electron chi connectivity index (χ4n) is 3.73. The van der Waals surface area contributed by atoms with Gasteiger partial charge in [-0.05, 0) is 37.1 Å². The molecule has 4 rings (SSSR count). The van der Waals surface area contributed by atoms with E-state index in [2.05, 4.69) is 20.4 Å². The molecule has 2 aromatic carbocycles. The molecular formula is C24H22F3N5O2. The second-order valence-electron chi connectivity index (χ2n) is 8.26. The zero-order chi connectivity index (χ0) is 24.6. The Labute approximate surface area is 192 Å². The van der Waals surface area contributed by atoms with Crippen LogP contribution < -0.4 is 10.7 Å². The predicted molar refractivity (Wildman–Crippen MR) is 121 cm³/mol. The molecule has 0 aliphatic heterocycles. The molecule has 10 heteroatoms. The predicted octanol–water partition coefficient (Wildman–Crippen LogP) is 4.56. The van der Waals surface area contributed by atoms with Crippen LogP contribution in [0.3, 0.4) is 0 Å². The minimum Gasteiger partial charge on any atom is -0.340 e. The SMILES string of the molecule is Cc1cc(=O)c(C(=O)NC(c2nc3ccccc3[nH]2)C(C)C)nn1-c1ccccc1C(F)(F)F. The minimum absolute atomic E-state index is 0.108. The summed E-state index contributed by atoms with van der Waals surface area (Å²) in [6.07, 6.45) is -4.64. The number of carbonyl (C=O) groups excluding carboxylic acids is 1. The number of hydrogen-bond acceptors (Lipinski definition) is 4. The molecule has 176 valence electrons. The molecule has 0 aliphatic rings. The summed E-state index contributed by atoms with van der Waals surface area (Å²) in [6.45, 7) is 5.20. The largest absolute Gasteiger partial charge is 0.418 e. The van der Waals surface area contributed by atoms with Crippen molar-refractivity contribution in [2.24, 2.45) is 5.92 Å². The third-order valence-electron chi connectivity index (χ3n) is 5.42. The van der Waals surface area contributed by atoms with Crippen LogP contribution in [0.5, 0.6) is 0 Å². The van der Waals surface area contributed by atoms with Crippen molar-refractivity contribution in [1.82, 2.24) is 25.1 Å². The van der Waals surface area contributed by atoms with Crippen molar-refractivity contribution in [1.29, 1.82) is 0 Å². The van der Waals surface area contributed by atoms with Crippen molar-refractivity contribution >= 4 is 16.9 Å². The quantitative estimate of drug-likeness (QED) is 0.448. The summed E-state index contributed by atoms with van der Waals surface area (Å²) >= 11 is 0. The van der Waals surface area contributed by atoms with Crippen LogP contribution in [0.1, 0.15) is 47.5 Å². The number of alkyl halides is 3. The lowest BCUT2D eigenvalue weighted by Crippen LogP contribution is -2.37. The summed E-state index contributed by atoms with van der Waals surface area (Å²) < 4.78 is 41.6. The summed E-state index contributed by atoms with van der Waals surface area (Å²) in [4.78, 5) is 33.4. The highest BCUT2D eigenvalue weighted by molar-refractivity contribution is 5.92. The van der Waals surface area contributed by atoms with E-state index in [1.54, 1.807) is 0 Å². The van der Waals surface area contributed by atoms with Gasteiger partial charge < -0.3 is 10.3 Å². The number of H-pyrrole nitrogens is 1. The summed E-state index contributed by atoms with van der Waals surface area (Å²) in [6, 6.07) is 12.7. The number of fused-ring (bicyclic) bond motifs is 1. The third-order valence-corrected chi connectivity index (χ3v) is 5.42. The minimum atomic E-state index is -4.64. The molecule has 7 nitrogen and oxygen atoms in total. The molecule has 1 unspecified atom stereocenters. The first-order valence-electron chi connectivity index (χ1n) is 10.6. The number of nitrogens with zero attached hydrogens (tertiary/aromatic N) is 3. The van der Waals surface area contributed by atoms with E-state index >= 15 is 0 Å². The van der Waals surface area contributed by atoms with Crippen molar-refractivity contribution in [2.45, 2.75) is 33.0 Å². The van der Waals surface area contributed by atoms with E-state index in [4.69, 9.17) is 0 Å². The van der Waals surface area contributed by atoms with Crippen molar-refractivity contribution in [3.05, 3.63) is 87.6 Å². The maximum absolute atomic E-state index is 13.5. The average Bonchev–Trinajstić information content (AvgIpc) is 3.20. The molecule has 0 bridgehead atoms. The first kappa shape index (κ1) is 23.2. The van der Waals surface area contributed by atoms with Gasteiger partial charge >= 0.3 is 6.18 Å². The molecule has 0 aliphatic carbocycles. The number of aromatic nitrogens is 4. The summed E-state index contributed by atoms with van der Waals surface area (Å²) in [7, 11) is 0. The van der Waals surface area contributed by atoms with Crippen molar-refractivity contribution < 1.29 is 18.0 Å². The Bertz CT molecular complexity index is 1390. The Kier molecular flexibility index (Phi) is 5.99. The van der Waals surface area contributed by atoms with Crippen LogP contribution in [0.15, 0.2) is 59.4 Å². The highest BCUT2D eigenvalue weighted by Gasteiger charge is 2.34. The summed E-state index contributed by atoms with van der Waals surface area (Å²) in [5.74, 6) is -0.412. The molecule has 0 spiro atoms. The highest BCUT2D eigenvalue weighted by atomic mass is 19.4. The Morgan fingerprint density at radius 2 is 1.76 bits per heavy atom. The lowest BCUT2D eigenvalue weighted by molar-refractivity contribution is -0.137. The van der Waals surface area contributed by atoms with Gasteiger partial charge in [0.15, 0.2) is 5.69 Å². The number of carbonyl (C=O) groups is 1. The molecule has 0 radical (unpaired) electrons. The fourth-order valence-corrected chi connectivity index (χ4v) is 3.73. The molecular weight excluding hydrogens is 447 g/mol. The molecule has 34 heavy (non-hydrogen) atoms. The van der Waals surface area contributed by atoms with Crippen LogP contribution in [0.4, 0.5) is 13.2 Å². The second-order valence-corrected chi connectivity index (χ2v) is 8.26. The van der Waals surface area contributed by atoms with E-state index in [1.807, 2.05) is 38.1 Å². The number of amides is 1. The maximum Gasteiger partial charge on any atom is 0.418 e. The first-order valence-corrected chi connectivity index (χ1v) is 10.6. The van der Waals surface area contributed by atoms with Gasteiger partial charge in [-0.25, -0.2) is 9.67 Å². The van der Waals surface area contributed by atoms with E-state index in [1.165, 1.54) is 25.1 Å². The van der Waals surface area contributed by atoms with Gasteiger partial charge in [0.1, 0.15) is 5.82 Å². The average molecular weight is 469 g/mol. The number of aryl methyl sites for hydroxylation is 1. The molecule has 0 saturated heterocycles. The molecule has 2 N–H and O–H groups in total. The zero-order valence-corrected chi connectivity index (χ0v) is 18.6. The number of nitrogens with one attached hydrogen (secondary N) is 2. The lowest BCUT2D eigenvalue weighted by atomic mass is 10.0. The Morgan fingerprint density at radius 3 is 2.44 bits per heavy atom. The molecule has 0 fully saturated rings. The van der Waals surface area contributed by atoms with Crippen molar-refractivity contribution in [3.8, 4) is 5.69 Å².